The van der Waals surface area contributed by atoms with Crippen LogP contribution in [0.5, 0.6) is 0 Å². The van der Waals surface area contributed by atoms with Crippen LogP contribution in [0.4, 0.5) is 17.1 Å². The number of sulfonamides is 1. The van der Waals surface area contributed by atoms with Crippen LogP contribution in [0.2, 0.25) is 0 Å². The SMILES string of the molecule is CCC(=O)Nc1cccc(Nc2ccncc2S(=O)(=O)NC(=O)CC)c1. The van der Waals surface area contributed by atoms with Crippen LogP contribution in [0.25, 0.3) is 0 Å². The van der Waals surface area contributed by atoms with E-state index in [2.05, 4.69) is 15.6 Å². The first-order valence-corrected chi connectivity index (χ1v) is 9.50. The minimum atomic E-state index is -4.05. The zero-order chi connectivity index (χ0) is 19.2. The van der Waals surface area contributed by atoms with Crippen LogP contribution in [0.1, 0.15) is 26.7 Å². The monoisotopic (exact) mass is 376 g/mol. The third kappa shape index (κ3) is 5.03. The Labute approximate surface area is 152 Å². The predicted molar refractivity (Wildman–Crippen MR) is 98.5 cm³/mol. The van der Waals surface area contributed by atoms with Crippen LogP contribution in [0.3, 0.4) is 0 Å². The van der Waals surface area contributed by atoms with E-state index in [0.29, 0.717) is 17.8 Å². The average Bonchev–Trinajstić information content (AvgIpc) is 2.61. The Bertz CT molecular complexity index is 912. The third-order valence-electron chi connectivity index (χ3n) is 3.39. The molecule has 0 unspecified atom stereocenters. The lowest BCUT2D eigenvalue weighted by Crippen LogP contribution is -2.30. The van der Waals surface area contributed by atoms with E-state index in [1.54, 1.807) is 38.1 Å². The van der Waals surface area contributed by atoms with Crippen LogP contribution in [0.15, 0.2) is 47.6 Å². The van der Waals surface area contributed by atoms with Crippen molar-refractivity contribution in [1.29, 1.82) is 0 Å². The fourth-order valence-electron chi connectivity index (χ4n) is 2.05. The summed E-state index contributed by atoms with van der Waals surface area (Å²) in [5, 5.41) is 5.71. The van der Waals surface area contributed by atoms with Gasteiger partial charge in [-0.05, 0) is 24.3 Å². The number of anilines is 3. The molecule has 26 heavy (non-hydrogen) atoms. The van der Waals surface area contributed by atoms with Crippen LogP contribution in [-0.4, -0.2) is 25.2 Å². The second-order valence-electron chi connectivity index (χ2n) is 5.36. The molecule has 0 aliphatic rings. The molecule has 0 bridgehead atoms. The summed E-state index contributed by atoms with van der Waals surface area (Å²) in [6.45, 7) is 3.31. The molecular formula is C17H20N4O4S. The van der Waals surface area contributed by atoms with Crippen LogP contribution < -0.4 is 15.4 Å². The van der Waals surface area contributed by atoms with E-state index >= 15 is 0 Å². The molecule has 1 heterocycles. The van der Waals surface area contributed by atoms with Crippen LogP contribution in [-0.2, 0) is 19.6 Å². The smallest absolute Gasteiger partial charge is 0.267 e. The van der Waals surface area contributed by atoms with Gasteiger partial charge in [-0.15, -0.1) is 0 Å². The van der Waals surface area contributed by atoms with Crippen molar-refractivity contribution in [2.24, 2.45) is 0 Å². The highest BCUT2D eigenvalue weighted by molar-refractivity contribution is 7.90. The van der Waals surface area contributed by atoms with Gasteiger partial charge in [-0.3, -0.25) is 14.6 Å². The minimum absolute atomic E-state index is 0.0431. The normalized spacial score (nSPS) is 10.8. The number of hydrogen-bond donors (Lipinski definition) is 3. The number of amides is 2. The Morgan fingerprint density at radius 3 is 2.42 bits per heavy atom. The molecule has 9 heteroatoms. The third-order valence-corrected chi connectivity index (χ3v) is 4.79. The van der Waals surface area contributed by atoms with Crippen molar-refractivity contribution in [3.05, 3.63) is 42.7 Å². The first-order valence-electron chi connectivity index (χ1n) is 8.02. The lowest BCUT2D eigenvalue weighted by Gasteiger charge is -2.13. The molecule has 2 rings (SSSR count). The second-order valence-corrected chi connectivity index (χ2v) is 7.01. The molecule has 3 N–H and O–H groups in total. The zero-order valence-electron chi connectivity index (χ0n) is 14.4. The quantitative estimate of drug-likeness (QED) is 0.683. The Balaban J connectivity index is 2.30. The average molecular weight is 376 g/mol. The van der Waals surface area contributed by atoms with Gasteiger partial charge in [0.1, 0.15) is 4.90 Å². The molecule has 1 aromatic heterocycles. The number of pyridine rings is 1. The standard InChI is InChI=1S/C17H20N4O4S/c1-3-16(22)20-13-7-5-6-12(10-13)19-14-8-9-18-11-15(14)26(24,25)21-17(23)4-2/h5-11H,3-4H2,1-2H3,(H,18,19)(H,20,22)(H,21,23). The van der Waals surface area contributed by atoms with Gasteiger partial charge >= 0.3 is 0 Å². The molecule has 0 aliphatic heterocycles. The van der Waals surface area contributed by atoms with E-state index in [4.69, 9.17) is 0 Å². The van der Waals surface area contributed by atoms with Crippen molar-refractivity contribution in [3.8, 4) is 0 Å². The molecule has 0 saturated heterocycles. The molecule has 8 nitrogen and oxygen atoms in total. The number of benzene rings is 1. The van der Waals surface area contributed by atoms with Gasteiger partial charge in [-0.1, -0.05) is 19.9 Å². The van der Waals surface area contributed by atoms with Gasteiger partial charge in [0.2, 0.25) is 11.8 Å². The lowest BCUT2D eigenvalue weighted by molar-refractivity contribution is -0.119. The summed E-state index contributed by atoms with van der Waals surface area (Å²) in [7, 11) is -4.05. The number of hydrogen-bond acceptors (Lipinski definition) is 6. The van der Waals surface area contributed by atoms with E-state index in [1.165, 1.54) is 12.3 Å². The van der Waals surface area contributed by atoms with Crippen molar-refractivity contribution in [1.82, 2.24) is 9.71 Å². The summed E-state index contributed by atoms with van der Waals surface area (Å²) >= 11 is 0. The van der Waals surface area contributed by atoms with Crippen molar-refractivity contribution >= 4 is 38.9 Å². The Morgan fingerprint density at radius 1 is 1.04 bits per heavy atom. The zero-order valence-corrected chi connectivity index (χ0v) is 15.3. The maximum Gasteiger partial charge on any atom is 0.267 e. The second kappa shape index (κ2) is 8.43. The fourth-order valence-corrected chi connectivity index (χ4v) is 3.22. The van der Waals surface area contributed by atoms with Crippen molar-refractivity contribution in [2.75, 3.05) is 10.6 Å². The number of carbonyl (C=O) groups is 2. The van der Waals surface area contributed by atoms with Gasteiger partial charge < -0.3 is 10.6 Å². The molecule has 138 valence electrons. The van der Waals surface area contributed by atoms with E-state index in [1.807, 2.05) is 4.72 Å². The Hall–Kier alpha value is -2.94. The van der Waals surface area contributed by atoms with Crippen LogP contribution in [0, 0.1) is 0 Å². The minimum Gasteiger partial charge on any atom is -0.354 e. The summed E-state index contributed by atoms with van der Waals surface area (Å²) in [5.74, 6) is -0.735. The lowest BCUT2D eigenvalue weighted by atomic mass is 10.2. The predicted octanol–water partition coefficient (Wildman–Crippen LogP) is 2.39. The summed E-state index contributed by atoms with van der Waals surface area (Å²) in [6.07, 6.45) is 2.99. The highest BCUT2D eigenvalue weighted by Gasteiger charge is 2.21. The highest BCUT2D eigenvalue weighted by Crippen LogP contribution is 2.25. The van der Waals surface area contributed by atoms with Crippen molar-refractivity contribution in [2.45, 2.75) is 31.6 Å². The summed E-state index contributed by atoms with van der Waals surface area (Å²) in [6, 6.07) is 8.34. The first kappa shape index (κ1) is 19.4. The number of aromatic nitrogens is 1. The number of nitrogens with zero attached hydrogens (tertiary/aromatic N) is 1. The molecular weight excluding hydrogens is 356 g/mol. The van der Waals surface area contributed by atoms with E-state index in [9.17, 15) is 18.0 Å². The molecule has 1 aromatic carbocycles. The van der Waals surface area contributed by atoms with Gasteiger partial charge in [-0.25, -0.2) is 13.1 Å². The Kier molecular flexibility index (Phi) is 6.29. The van der Waals surface area contributed by atoms with Gasteiger partial charge in [-0.2, -0.15) is 0 Å². The summed E-state index contributed by atoms with van der Waals surface area (Å²) in [5.41, 5.74) is 1.42. The topological polar surface area (TPSA) is 117 Å². The number of rotatable bonds is 7. The van der Waals surface area contributed by atoms with Crippen molar-refractivity contribution < 1.29 is 18.0 Å². The molecule has 0 atom stereocenters. The van der Waals surface area contributed by atoms with Gasteiger partial charge in [0, 0.05) is 36.6 Å². The fraction of sp³-hybridized carbons (Fsp3) is 0.235. The number of carbonyl (C=O) groups excluding carboxylic acids is 2. The molecule has 0 radical (unpaired) electrons. The van der Waals surface area contributed by atoms with E-state index < -0.39 is 15.9 Å². The molecule has 0 saturated carbocycles. The van der Waals surface area contributed by atoms with Crippen LogP contribution >= 0.6 is 0 Å². The van der Waals surface area contributed by atoms with E-state index in [-0.39, 0.29) is 22.9 Å². The molecule has 0 fully saturated rings. The number of nitrogens with one attached hydrogen (secondary N) is 3. The van der Waals surface area contributed by atoms with Gasteiger partial charge in [0.05, 0.1) is 5.69 Å². The van der Waals surface area contributed by atoms with Crippen molar-refractivity contribution in [3.63, 3.8) is 0 Å². The van der Waals surface area contributed by atoms with Gasteiger partial charge in [0.25, 0.3) is 10.0 Å². The summed E-state index contributed by atoms with van der Waals surface area (Å²) in [4.78, 5) is 26.7. The molecule has 0 aliphatic carbocycles. The molecule has 2 amide bonds. The van der Waals surface area contributed by atoms with Gasteiger partial charge in [0.15, 0.2) is 0 Å². The summed E-state index contributed by atoms with van der Waals surface area (Å²) < 4.78 is 26.8. The highest BCUT2D eigenvalue weighted by atomic mass is 32.2. The first-order chi connectivity index (χ1) is 12.4. The van der Waals surface area contributed by atoms with E-state index in [0.717, 1.165) is 6.20 Å². The maximum atomic E-state index is 12.4. The Morgan fingerprint density at radius 2 is 1.73 bits per heavy atom. The maximum absolute atomic E-state index is 12.4. The molecule has 2 aromatic rings. The largest absolute Gasteiger partial charge is 0.354 e. The molecule has 0 spiro atoms.